The molecule has 1 aliphatic heterocycles. The fourth-order valence-electron chi connectivity index (χ4n) is 1.54. The molecule has 1 heterocycles. The van der Waals surface area contributed by atoms with E-state index < -0.39 is 0 Å². The number of nitrogens with one attached hydrogen (secondary N) is 2. The Hall–Kier alpha value is -0.150. The summed E-state index contributed by atoms with van der Waals surface area (Å²) in [6.45, 7) is 2.75. The Morgan fingerprint density at radius 1 is 1.70 bits per heavy atom. The second-order valence-electron chi connectivity index (χ2n) is 2.92. The first-order valence-electron chi connectivity index (χ1n) is 3.93. The zero-order chi connectivity index (χ0) is 7.40. The highest BCUT2D eigenvalue weighted by molar-refractivity contribution is 4.66. The lowest BCUT2D eigenvalue weighted by Gasteiger charge is -2.09. The van der Waals surface area contributed by atoms with E-state index in [1.165, 1.54) is 11.3 Å². The summed E-state index contributed by atoms with van der Waals surface area (Å²) in [7, 11) is 1.98. The topological polar surface area (TPSA) is 16.5 Å². The number of rotatable bonds is 3. The highest BCUT2D eigenvalue weighted by Gasteiger charge is 2.23. The Bertz CT molecular complexity index is 97.6. The van der Waals surface area contributed by atoms with Crippen molar-refractivity contribution >= 4 is 0 Å². The molecular weight excluding hydrogens is 131 g/mol. The number of quaternary nitrogens is 1. The monoisotopic (exact) mass is 147 g/mol. The summed E-state index contributed by atoms with van der Waals surface area (Å²) < 4.78 is 11.8. The van der Waals surface area contributed by atoms with Gasteiger partial charge in [0.15, 0.2) is 0 Å². The molecule has 1 fully saturated rings. The van der Waals surface area contributed by atoms with Crippen LogP contribution in [0.2, 0.25) is 0 Å². The molecule has 0 bridgehead atoms. The van der Waals surface area contributed by atoms with Crippen LogP contribution in [0.25, 0.3) is 0 Å². The lowest BCUT2D eigenvalue weighted by atomic mass is 10.3. The van der Waals surface area contributed by atoms with Crippen LogP contribution >= 0.6 is 0 Å². The number of alkyl halides is 1. The third-order valence-corrected chi connectivity index (χ3v) is 2.24. The lowest BCUT2D eigenvalue weighted by Crippen LogP contribution is -3.11. The van der Waals surface area contributed by atoms with Gasteiger partial charge in [0.1, 0.15) is 13.2 Å². The van der Waals surface area contributed by atoms with E-state index >= 15 is 0 Å². The standard InChI is InChI=1S/C7H15FN2/c1-9-7-2-4-10(6-7)5-3-8/h7,9H,2-6H2,1H3/p+1/t7-/m1/s1. The van der Waals surface area contributed by atoms with Gasteiger partial charge in [0.25, 0.3) is 0 Å². The fourth-order valence-corrected chi connectivity index (χ4v) is 1.54. The SMILES string of the molecule is CN[C@@H]1CC[NH+](CCF)C1. The van der Waals surface area contributed by atoms with Gasteiger partial charge in [-0.25, -0.2) is 4.39 Å². The molecule has 0 radical (unpaired) electrons. The Balaban J connectivity index is 2.15. The predicted molar refractivity (Wildman–Crippen MR) is 39.0 cm³/mol. The van der Waals surface area contributed by atoms with Crippen molar-refractivity contribution in [2.75, 3.05) is 33.4 Å². The molecule has 1 rings (SSSR count). The number of halogens is 1. The summed E-state index contributed by atoms with van der Waals surface area (Å²) in [6, 6.07) is 0.626. The first-order chi connectivity index (χ1) is 4.86. The van der Waals surface area contributed by atoms with Crippen molar-refractivity contribution < 1.29 is 9.29 Å². The van der Waals surface area contributed by atoms with E-state index in [0.29, 0.717) is 12.6 Å². The lowest BCUT2D eigenvalue weighted by molar-refractivity contribution is -0.887. The third kappa shape index (κ3) is 1.92. The zero-order valence-corrected chi connectivity index (χ0v) is 6.49. The summed E-state index contributed by atoms with van der Waals surface area (Å²) in [5.74, 6) is 0. The van der Waals surface area contributed by atoms with Gasteiger partial charge in [-0.05, 0) is 7.05 Å². The fraction of sp³-hybridized carbons (Fsp3) is 1.00. The molecule has 0 aliphatic carbocycles. The largest absolute Gasteiger partial charge is 0.331 e. The molecule has 2 nitrogen and oxygen atoms in total. The van der Waals surface area contributed by atoms with E-state index in [0.717, 1.165) is 13.1 Å². The Kier molecular flexibility index (Phi) is 3.09. The molecule has 1 unspecified atom stereocenters. The summed E-state index contributed by atoms with van der Waals surface area (Å²) in [5, 5.41) is 3.21. The molecule has 0 saturated carbocycles. The molecule has 0 spiro atoms. The number of hydrogen-bond donors (Lipinski definition) is 2. The van der Waals surface area contributed by atoms with Crippen LogP contribution in [0, 0.1) is 0 Å². The van der Waals surface area contributed by atoms with Crippen molar-refractivity contribution in [2.24, 2.45) is 0 Å². The smallest absolute Gasteiger partial charge is 0.138 e. The minimum absolute atomic E-state index is 0.175. The minimum atomic E-state index is -0.175. The van der Waals surface area contributed by atoms with E-state index in [-0.39, 0.29) is 6.67 Å². The van der Waals surface area contributed by atoms with Gasteiger partial charge in [-0.2, -0.15) is 0 Å². The van der Waals surface area contributed by atoms with Crippen LogP contribution in [-0.4, -0.2) is 39.4 Å². The molecule has 60 valence electrons. The first-order valence-corrected chi connectivity index (χ1v) is 3.93. The quantitative estimate of drug-likeness (QED) is 0.514. The van der Waals surface area contributed by atoms with Gasteiger partial charge in [0.2, 0.25) is 0 Å². The van der Waals surface area contributed by atoms with Gasteiger partial charge in [-0.15, -0.1) is 0 Å². The number of likely N-dealkylation sites (tertiary alicyclic amines) is 1. The Morgan fingerprint density at radius 2 is 2.50 bits per heavy atom. The molecule has 0 aromatic rings. The van der Waals surface area contributed by atoms with Gasteiger partial charge in [0.05, 0.1) is 19.1 Å². The summed E-state index contributed by atoms with van der Waals surface area (Å²) in [5.41, 5.74) is 0. The van der Waals surface area contributed by atoms with E-state index in [4.69, 9.17) is 0 Å². The third-order valence-electron chi connectivity index (χ3n) is 2.24. The van der Waals surface area contributed by atoms with E-state index in [1.807, 2.05) is 7.05 Å². The maximum absolute atomic E-state index is 11.8. The van der Waals surface area contributed by atoms with Crippen LogP contribution < -0.4 is 10.2 Å². The van der Waals surface area contributed by atoms with Gasteiger partial charge in [0, 0.05) is 6.42 Å². The maximum atomic E-state index is 11.8. The van der Waals surface area contributed by atoms with Crippen molar-refractivity contribution in [3.05, 3.63) is 0 Å². The van der Waals surface area contributed by atoms with E-state index in [1.54, 1.807) is 0 Å². The van der Waals surface area contributed by atoms with Crippen molar-refractivity contribution in [2.45, 2.75) is 12.5 Å². The second-order valence-corrected chi connectivity index (χ2v) is 2.92. The first kappa shape index (κ1) is 7.95. The van der Waals surface area contributed by atoms with Gasteiger partial charge < -0.3 is 10.2 Å². The Morgan fingerprint density at radius 3 is 3.00 bits per heavy atom. The van der Waals surface area contributed by atoms with Gasteiger partial charge >= 0.3 is 0 Å². The number of hydrogen-bond acceptors (Lipinski definition) is 1. The molecule has 10 heavy (non-hydrogen) atoms. The highest BCUT2D eigenvalue weighted by Crippen LogP contribution is 1.90. The molecule has 1 aliphatic rings. The summed E-state index contributed by atoms with van der Waals surface area (Å²) >= 11 is 0. The van der Waals surface area contributed by atoms with Crippen LogP contribution in [0.5, 0.6) is 0 Å². The molecule has 1 saturated heterocycles. The summed E-state index contributed by atoms with van der Waals surface area (Å²) in [4.78, 5) is 1.40. The zero-order valence-electron chi connectivity index (χ0n) is 6.49. The predicted octanol–water partition coefficient (Wildman–Crippen LogP) is -1.17. The van der Waals surface area contributed by atoms with Crippen molar-refractivity contribution in [1.82, 2.24) is 5.32 Å². The number of likely N-dealkylation sites (N-methyl/N-ethyl adjacent to an activating group) is 1. The van der Waals surface area contributed by atoms with Crippen molar-refractivity contribution in [3.8, 4) is 0 Å². The van der Waals surface area contributed by atoms with Crippen molar-refractivity contribution in [1.29, 1.82) is 0 Å². The van der Waals surface area contributed by atoms with Crippen LogP contribution in [0.4, 0.5) is 4.39 Å². The normalized spacial score (nSPS) is 33.0. The molecule has 3 heteroatoms. The molecule has 0 aromatic heterocycles. The average molecular weight is 147 g/mol. The highest BCUT2D eigenvalue weighted by atomic mass is 19.1. The molecule has 0 aromatic carbocycles. The molecule has 0 amide bonds. The Labute approximate surface area is 61.4 Å². The molecule has 2 atom stereocenters. The van der Waals surface area contributed by atoms with Crippen LogP contribution in [0.1, 0.15) is 6.42 Å². The van der Waals surface area contributed by atoms with Crippen molar-refractivity contribution in [3.63, 3.8) is 0 Å². The van der Waals surface area contributed by atoms with Gasteiger partial charge in [-0.3, -0.25) is 0 Å². The minimum Gasteiger partial charge on any atom is -0.331 e. The van der Waals surface area contributed by atoms with E-state index in [2.05, 4.69) is 5.32 Å². The van der Waals surface area contributed by atoms with Crippen LogP contribution in [0.3, 0.4) is 0 Å². The van der Waals surface area contributed by atoms with Gasteiger partial charge in [-0.1, -0.05) is 0 Å². The van der Waals surface area contributed by atoms with E-state index in [9.17, 15) is 4.39 Å². The van der Waals surface area contributed by atoms with Crippen LogP contribution in [-0.2, 0) is 0 Å². The average Bonchev–Trinajstić information content (AvgIpc) is 2.37. The van der Waals surface area contributed by atoms with Crippen LogP contribution in [0.15, 0.2) is 0 Å². The second kappa shape index (κ2) is 3.88. The molecule has 2 N–H and O–H groups in total. The molecular formula is C7H16FN2+. The summed E-state index contributed by atoms with van der Waals surface area (Å²) in [6.07, 6.45) is 1.20. The maximum Gasteiger partial charge on any atom is 0.138 e.